The number of rotatable bonds is 10. The minimum absolute atomic E-state index is 0.0204. The Morgan fingerprint density at radius 3 is 2.68 bits per heavy atom. The van der Waals surface area contributed by atoms with Crippen molar-refractivity contribution in [1.29, 1.82) is 0 Å². The predicted octanol–water partition coefficient (Wildman–Crippen LogP) is 6.68. The smallest absolute Gasteiger partial charge is 0.220 e. The molecule has 0 spiro atoms. The summed E-state index contributed by atoms with van der Waals surface area (Å²) in [7, 11) is 0. The zero-order chi connectivity index (χ0) is 25.5. The van der Waals surface area contributed by atoms with Crippen LogP contribution in [0.4, 0.5) is 0 Å². The highest BCUT2D eigenvalue weighted by Crippen LogP contribution is 2.36. The minimum atomic E-state index is -0.178. The molecule has 5 aromatic rings. The Labute approximate surface area is 221 Å². The molecule has 1 amide bonds. The van der Waals surface area contributed by atoms with Crippen molar-refractivity contribution in [1.82, 2.24) is 15.3 Å². The van der Waals surface area contributed by atoms with Crippen LogP contribution in [0.1, 0.15) is 34.7 Å². The van der Waals surface area contributed by atoms with Gasteiger partial charge in [-0.05, 0) is 59.2 Å². The van der Waals surface area contributed by atoms with Crippen LogP contribution in [0.2, 0.25) is 5.02 Å². The van der Waals surface area contributed by atoms with E-state index in [9.17, 15) is 4.79 Å². The second-order valence-electron chi connectivity index (χ2n) is 8.96. The normalized spacial score (nSPS) is 11.8. The zero-order valence-corrected chi connectivity index (χ0v) is 21.1. The Morgan fingerprint density at radius 2 is 1.84 bits per heavy atom. The molecule has 0 aliphatic rings. The van der Waals surface area contributed by atoms with Crippen LogP contribution in [0.25, 0.3) is 10.9 Å². The standard InChI is InChI=1S/C31H28ClN3O2/c32-24-12-13-30-28(18-24)29(20-35-30)27(19-31(36)34-16-14-25-10-4-5-15-33-25)23-9-6-11-26(17-23)37-21-22-7-2-1-3-8-22/h1-13,15,17-18,20,27,35H,14,16,19,21H2,(H,34,36)/t27-/m1/s1. The van der Waals surface area contributed by atoms with E-state index >= 15 is 0 Å². The number of amides is 1. The van der Waals surface area contributed by atoms with Crippen LogP contribution >= 0.6 is 11.6 Å². The highest BCUT2D eigenvalue weighted by atomic mass is 35.5. The molecule has 1 atom stereocenters. The van der Waals surface area contributed by atoms with Crippen LogP contribution < -0.4 is 10.1 Å². The number of aromatic nitrogens is 2. The second-order valence-corrected chi connectivity index (χ2v) is 9.39. The number of aromatic amines is 1. The number of halogens is 1. The average molecular weight is 510 g/mol. The first-order chi connectivity index (χ1) is 18.2. The summed E-state index contributed by atoms with van der Waals surface area (Å²) in [6.07, 6.45) is 4.72. The first-order valence-corrected chi connectivity index (χ1v) is 12.7. The molecular weight excluding hydrogens is 482 g/mol. The van der Waals surface area contributed by atoms with E-state index in [1.54, 1.807) is 6.20 Å². The molecule has 0 aliphatic carbocycles. The number of carbonyl (C=O) groups is 1. The van der Waals surface area contributed by atoms with Gasteiger partial charge >= 0.3 is 0 Å². The summed E-state index contributed by atoms with van der Waals surface area (Å²) in [6.45, 7) is 1.01. The summed E-state index contributed by atoms with van der Waals surface area (Å²) in [5.41, 5.74) is 5.07. The Hall–Kier alpha value is -4.09. The lowest BCUT2D eigenvalue weighted by Crippen LogP contribution is -2.27. The molecule has 6 heteroatoms. The molecule has 0 saturated heterocycles. The van der Waals surface area contributed by atoms with Crippen LogP contribution in [-0.2, 0) is 17.8 Å². The molecule has 0 unspecified atom stereocenters. The topological polar surface area (TPSA) is 67.0 Å². The molecule has 2 aromatic heterocycles. The number of nitrogens with one attached hydrogen (secondary N) is 2. The van der Waals surface area contributed by atoms with Crippen molar-refractivity contribution >= 4 is 28.4 Å². The average Bonchev–Trinajstić information content (AvgIpc) is 3.34. The van der Waals surface area contributed by atoms with E-state index in [-0.39, 0.29) is 11.8 Å². The largest absolute Gasteiger partial charge is 0.489 e. The minimum Gasteiger partial charge on any atom is -0.489 e. The third kappa shape index (κ3) is 6.38. The molecule has 0 radical (unpaired) electrons. The van der Waals surface area contributed by atoms with Gasteiger partial charge in [-0.15, -0.1) is 0 Å². The van der Waals surface area contributed by atoms with Gasteiger partial charge in [0.15, 0.2) is 0 Å². The van der Waals surface area contributed by atoms with E-state index in [4.69, 9.17) is 16.3 Å². The summed E-state index contributed by atoms with van der Waals surface area (Å²) < 4.78 is 6.09. The molecular formula is C31H28ClN3O2. The molecule has 0 saturated carbocycles. The van der Waals surface area contributed by atoms with Gasteiger partial charge in [-0.1, -0.05) is 60.1 Å². The molecule has 2 heterocycles. The number of fused-ring (bicyclic) bond motifs is 1. The summed E-state index contributed by atoms with van der Waals surface area (Å²) in [6, 6.07) is 29.6. The lowest BCUT2D eigenvalue weighted by molar-refractivity contribution is -0.121. The van der Waals surface area contributed by atoms with Crippen LogP contribution in [0.5, 0.6) is 5.75 Å². The molecule has 0 aliphatic heterocycles. The summed E-state index contributed by atoms with van der Waals surface area (Å²) in [5.74, 6) is 0.565. The Morgan fingerprint density at radius 1 is 0.973 bits per heavy atom. The van der Waals surface area contributed by atoms with E-state index in [0.29, 0.717) is 31.0 Å². The number of pyridine rings is 1. The van der Waals surface area contributed by atoms with Gasteiger partial charge < -0.3 is 15.0 Å². The molecule has 0 fully saturated rings. The predicted molar refractivity (Wildman–Crippen MR) is 148 cm³/mol. The quantitative estimate of drug-likeness (QED) is 0.221. The Kier molecular flexibility index (Phi) is 7.82. The number of hydrogen-bond donors (Lipinski definition) is 2. The molecule has 37 heavy (non-hydrogen) atoms. The number of benzene rings is 3. The van der Waals surface area contributed by atoms with Crippen molar-refractivity contribution in [2.45, 2.75) is 25.4 Å². The number of hydrogen-bond acceptors (Lipinski definition) is 3. The summed E-state index contributed by atoms with van der Waals surface area (Å²) in [5, 5.41) is 4.74. The maximum Gasteiger partial charge on any atom is 0.220 e. The number of nitrogens with zero attached hydrogens (tertiary/aromatic N) is 1. The molecule has 3 aromatic carbocycles. The fourth-order valence-electron chi connectivity index (χ4n) is 4.51. The number of H-pyrrole nitrogens is 1. The van der Waals surface area contributed by atoms with Crippen LogP contribution in [0, 0.1) is 0 Å². The molecule has 0 bridgehead atoms. The van der Waals surface area contributed by atoms with Gasteiger partial charge in [0.2, 0.25) is 5.91 Å². The van der Waals surface area contributed by atoms with Crippen molar-refractivity contribution in [3.8, 4) is 5.75 Å². The number of carbonyl (C=O) groups excluding carboxylic acids is 1. The van der Waals surface area contributed by atoms with Gasteiger partial charge in [-0.2, -0.15) is 0 Å². The van der Waals surface area contributed by atoms with Crippen molar-refractivity contribution < 1.29 is 9.53 Å². The lowest BCUT2D eigenvalue weighted by atomic mass is 9.88. The lowest BCUT2D eigenvalue weighted by Gasteiger charge is -2.18. The maximum absolute atomic E-state index is 13.1. The van der Waals surface area contributed by atoms with E-state index in [1.807, 2.05) is 97.2 Å². The molecule has 5 nitrogen and oxygen atoms in total. The summed E-state index contributed by atoms with van der Waals surface area (Å²) in [4.78, 5) is 20.8. The second kappa shape index (κ2) is 11.8. The monoisotopic (exact) mass is 509 g/mol. The van der Waals surface area contributed by atoms with Crippen molar-refractivity contribution in [2.24, 2.45) is 0 Å². The van der Waals surface area contributed by atoms with Crippen LogP contribution in [-0.4, -0.2) is 22.4 Å². The highest BCUT2D eigenvalue weighted by molar-refractivity contribution is 6.31. The van der Waals surface area contributed by atoms with E-state index in [0.717, 1.165) is 39.0 Å². The van der Waals surface area contributed by atoms with E-state index in [2.05, 4.69) is 15.3 Å². The Bertz CT molecular complexity index is 1470. The summed E-state index contributed by atoms with van der Waals surface area (Å²) >= 11 is 6.34. The van der Waals surface area contributed by atoms with Crippen molar-refractivity contribution in [2.75, 3.05) is 6.54 Å². The van der Waals surface area contributed by atoms with Gasteiger partial charge in [-0.3, -0.25) is 9.78 Å². The number of ether oxygens (including phenoxy) is 1. The van der Waals surface area contributed by atoms with Gasteiger partial charge in [0.25, 0.3) is 0 Å². The molecule has 186 valence electrons. The van der Waals surface area contributed by atoms with Gasteiger partial charge in [0.1, 0.15) is 12.4 Å². The Balaban J connectivity index is 1.37. The molecule has 5 rings (SSSR count). The van der Waals surface area contributed by atoms with Gasteiger partial charge in [0, 0.05) is 59.3 Å². The first kappa shape index (κ1) is 24.6. The van der Waals surface area contributed by atoms with E-state index < -0.39 is 0 Å². The van der Waals surface area contributed by atoms with Crippen molar-refractivity contribution in [3.05, 3.63) is 131 Å². The third-order valence-electron chi connectivity index (χ3n) is 6.38. The fraction of sp³-hybridized carbons (Fsp3) is 0.161. The maximum atomic E-state index is 13.1. The van der Waals surface area contributed by atoms with Crippen LogP contribution in [0.3, 0.4) is 0 Å². The van der Waals surface area contributed by atoms with Gasteiger partial charge in [-0.25, -0.2) is 0 Å². The van der Waals surface area contributed by atoms with Gasteiger partial charge in [0.05, 0.1) is 0 Å². The van der Waals surface area contributed by atoms with Crippen molar-refractivity contribution in [3.63, 3.8) is 0 Å². The third-order valence-corrected chi connectivity index (χ3v) is 6.61. The first-order valence-electron chi connectivity index (χ1n) is 12.4. The zero-order valence-electron chi connectivity index (χ0n) is 20.4. The molecule has 2 N–H and O–H groups in total. The van der Waals surface area contributed by atoms with E-state index in [1.165, 1.54) is 0 Å². The highest BCUT2D eigenvalue weighted by Gasteiger charge is 2.22. The fourth-order valence-corrected chi connectivity index (χ4v) is 4.68. The SMILES string of the molecule is O=C(C[C@H](c1cccc(OCc2ccccc2)c1)c1c[nH]c2ccc(Cl)cc12)NCCc1ccccn1. The van der Waals surface area contributed by atoms with Crippen LogP contribution in [0.15, 0.2) is 103 Å².